The van der Waals surface area contributed by atoms with Crippen LogP contribution in [-0.4, -0.2) is 10.9 Å². The summed E-state index contributed by atoms with van der Waals surface area (Å²) in [5.74, 6) is -0.324. The minimum atomic E-state index is -0.324. The highest BCUT2D eigenvalue weighted by Gasteiger charge is 2.09. The number of nitrogens with one attached hydrogen (secondary N) is 1. The van der Waals surface area contributed by atoms with E-state index in [0.29, 0.717) is 32.3 Å². The molecular formula is C12H10BrClN4O. The van der Waals surface area contributed by atoms with E-state index in [0.717, 1.165) is 0 Å². The number of amides is 1. The Morgan fingerprint density at radius 3 is 2.42 bits per heavy atom. The van der Waals surface area contributed by atoms with Crippen molar-refractivity contribution in [1.29, 1.82) is 0 Å². The average Bonchev–Trinajstić information content (AvgIpc) is 2.32. The molecule has 0 saturated heterocycles. The SMILES string of the molecule is Nc1cc(N)cc(C(=O)Nc2cnc(Cl)c(Br)c2)c1. The van der Waals surface area contributed by atoms with Crippen LogP contribution < -0.4 is 16.8 Å². The van der Waals surface area contributed by atoms with Crippen molar-refractivity contribution in [2.75, 3.05) is 16.8 Å². The molecule has 1 heterocycles. The Kier molecular flexibility index (Phi) is 3.92. The van der Waals surface area contributed by atoms with Gasteiger partial charge < -0.3 is 16.8 Å². The predicted molar refractivity (Wildman–Crippen MR) is 80.2 cm³/mol. The molecule has 19 heavy (non-hydrogen) atoms. The zero-order chi connectivity index (χ0) is 14.0. The summed E-state index contributed by atoms with van der Waals surface area (Å²) in [6, 6.07) is 6.33. The molecule has 0 fully saturated rings. The number of carbonyl (C=O) groups excluding carboxylic acids is 1. The van der Waals surface area contributed by atoms with E-state index in [1.54, 1.807) is 24.3 Å². The minimum absolute atomic E-state index is 0.324. The first kappa shape index (κ1) is 13.6. The molecule has 5 N–H and O–H groups in total. The molecule has 5 nitrogen and oxygen atoms in total. The average molecular weight is 342 g/mol. The summed E-state index contributed by atoms with van der Waals surface area (Å²) in [4.78, 5) is 15.9. The van der Waals surface area contributed by atoms with Gasteiger partial charge in [-0.25, -0.2) is 4.98 Å². The number of nitrogen functional groups attached to an aromatic ring is 2. The van der Waals surface area contributed by atoms with Crippen LogP contribution in [0, 0.1) is 0 Å². The van der Waals surface area contributed by atoms with Crippen molar-refractivity contribution in [2.45, 2.75) is 0 Å². The molecule has 0 aliphatic carbocycles. The Hall–Kier alpha value is -1.79. The first-order valence-electron chi connectivity index (χ1n) is 5.24. The quantitative estimate of drug-likeness (QED) is 0.578. The monoisotopic (exact) mass is 340 g/mol. The number of hydrogen-bond acceptors (Lipinski definition) is 4. The predicted octanol–water partition coefficient (Wildman–Crippen LogP) is 2.91. The molecule has 1 amide bonds. The van der Waals surface area contributed by atoms with Gasteiger partial charge in [0.15, 0.2) is 0 Å². The fourth-order valence-corrected chi connectivity index (χ4v) is 1.95. The number of nitrogens with two attached hydrogens (primary N) is 2. The van der Waals surface area contributed by atoms with Crippen molar-refractivity contribution in [3.8, 4) is 0 Å². The highest BCUT2D eigenvalue weighted by molar-refractivity contribution is 9.10. The molecule has 0 aliphatic heterocycles. The Bertz CT molecular complexity index is 627. The molecule has 7 heteroatoms. The maximum atomic E-state index is 12.0. The van der Waals surface area contributed by atoms with Crippen LogP contribution in [0.2, 0.25) is 5.15 Å². The van der Waals surface area contributed by atoms with Crippen LogP contribution in [0.15, 0.2) is 34.9 Å². The highest BCUT2D eigenvalue weighted by Crippen LogP contribution is 2.23. The number of carbonyl (C=O) groups is 1. The van der Waals surface area contributed by atoms with Gasteiger partial charge in [-0.3, -0.25) is 4.79 Å². The molecule has 0 aliphatic rings. The number of anilines is 3. The summed E-state index contributed by atoms with van der Waals surface area (Å²) in [6.07, 6.45) is 1.46. The van der Waals surface area contributed by atoms with Gasteiger partial charge in [-0.1, -0.05) is 11.6 Å². The fourth-order valence-electron chi connectivity index (χ4n) is 1.50. The van der Waals surface area contributed by atoms with Crippen molar-refractivity contribution < 1.29 is 4.79 Å². The lowest BCUT2D eigenvalue weighted by Crippen LogP contribution is -2.13. The maximum Gasteiger partial charge on any atom is 0.255 e. The molecular weight excluding hydrogens is 332 g/mol. The van der Waals surface area contributed by atoms with Crippen LogP contribution in [0.1, 0.15) is 10.4 Å². The third-order valence-electron chi connectivity index (χ3n) is 2.29. The first-order chi connectivity index (χ1) is 8.95. The van der Waals surface area contributed by atoms with Gasteiger partial charge in [-0.2, -0.15) is 0 Å². The fraction of sp³-hybridized carbons (Fsp3) is 0. The van der Waals surface area contributed by atoms with Gasteiger partial charge in [0.1, 0.15) is 5.15 Å². The molecule has 1 aromatic carbocycles. The van der Waals surface area contributed by atoms with Crippen molar-refractivity contribution in [3.05, 3.63) is 45.7 Å². The summed E-state index contributed by atoms with van der Waals surface area (Å²) in [5.41, 5.74) is 13.0. The van der Waals surface area contributed by atoms with Gasteiger partial charge in [0.2, 0.25) is 0 Å². The number of aromatic nitrogens is 1. The first-order valence-corrected chi connectivity index (χ1v) is 6.41. The molecule has 0 atom stereocenters. The van der Waals surface area contributed by atoms with Crippen LogP contribution in [0.25, 0.3) is 0 Å². The standard InChI is InChI=1S/C12H10BrClN4O/c13-10-4-9(5-17-11(10)14)18-12(19)6-1-7(15)3-8(16)2-6/h1-5H,15-16H2,(H,18,19). The lowest BCUT2D eigenvalue weighted by atomic mass is 10.1. The van der Waals surface area contributed by atoms with Gasteiger partial charge >= 0.3 is 0 Å². The third-order valence-corrected chi connectivity index (χ3v) is 3.43. The highest BCUT2D eigenvalue weighted by atomic mass is 79.9. The molecule has 98 valence electrons. The molecule has 2 rings (SSSR count). The van der Waals surface area contributed by atoms with Crippen molar-refractivity contribution in [1.82, 2.24) is 4.98 Å². The smallest absolute Gasteiger partial charge is 0.255 e. The number of pyridine rings is 1. The summed E-state index contributed by atoms with van der Waals surface area (Å²) in [7, 11) is 0. The van der Waals surface area contributed by atoms with Crippen molar-refractivity contribution >= 4 is 50.5 Å². The lowest BCUT2D eigenvalue weighted by Gasteiger charge is -2.07. The van der Waals surface area contributed by atoms with Crippen LogP contribution >= 0.6 is 27.5 Å². The lowest BCUT2D eigenvalue weighted by molar-refractivity contribution is 0.102. The topological polar surface area (TPSA) is 94.0 Å². The number of benzene rings is 1. The summed E-state index contributed by atoms with van der Waals surface area (Å²) >= 11 is 9.00. The molecule has 2 aromatic rings. The van der Waals surface area contributed by atoms with E-state index in [9.17, 15) is 4.79 Å². The molecule has 0 saturated carbocycles. The van der Waals surface area contributed by atoms with E-state index in [1.807, 2.05) is 0 Å². The second-order valence-electron chi connectivity index (χ2n) is 3.84. The van der Waals surface area contributed by atoms with Gasteiger partial charge in [-0.05, 0) is 40.2 Å². The van der Waals surface area contributed by atoms with E-state index in [-0.39, 0.29) is 5.91 Å². The zero-order valence-corrected chi connectivity index (χ0v) is 12.0. The van der Waals surface area contributed by atoms with Crippen LogP contribution in [0.4, 0.5) is 17.1 Å². The number of hydrogen-bond donors (Lipinski definition) is 3. The van der Waals surface area contributed by atoms with E-state index in [4.69, 9.17) is 23.1 Å². The Morgan fingerprint density at radius 1 is 1.21 bits per heavy atom. The summed E-state index contributed by atoms with van der Waals surface area (Å²) < 4.78 is 0.596. The van der Waals surface area contributed by atoms with Gasteiger partial charge in [0.25, 0.3) is 5.91 Å². The molecule has 0 bridgehead atoms. The molecule has 0 radical (unpaired) electrons. The van der Waals surface area contributed by atoms with Crippen LogP contribution in [-0.2, 0) is 0 Å². The summed E-state index contributed by atoms with van der Waals surface area (Å²) in [6.45, 7) is 0. The van der Waals surface area contributed by atoms with Crippen molar-refractivity contribution in [3.63, 3.8) is 0 Å². The normalized spacial score (nSPS) is 10.2. The Balaban J connectivity index is 2.22. The Labute approximate surface area is 123 Å². The van der Waals surface area contributed by atoms with E-state index in [1.165, 1.54) is 6.20 Å². The number of nitrogens with zero attached hydrogens (tertiary/aromatic N) is 1. The van der Waals surface area contributed by atoms with Crippen LogP contribution in [0.5, 0.6) is 0 Å². The zero-order valence-electron chi connectivity index (χ0n) is 9.65. The largest absolute Gasteiger partial charge is 0.399 e. The number of rotatable bonds is 2. The molecule has 0 spiro atoms. The second-order valence-corrected chi connectivity index (χ2v) is 5.05. The van der Waals surface area contributed by atoms with Gasteiger partial charge in [0.05, 0.1) is 16.4 Å². The number of halogens is 2. The van der Waals surface area contributed by atoms with Crippen LogP contribution in [0.3, 0.4) is 0 Å². The Morgan fingerprint density at radius 2 is 1.84 bits per heavy atom. The third kappa shape index (κ3) is 3.36. The van der Waals surface area contributed by atoms with E-state index < -0.39 is 0 Å². The maximum absolute atomic E-state index is 12.0. The molecule has 0 unspecified atom stereocenters. The molecule has 1 aromatic heterocycles. The van der Waals surface area contributed by atoms with Gasteiger partial charge in [0, 0.05) is 16.9 Å². The second kappa shape index (κ2) is 5.46. The van der Waals surface area contributed by atoms with Crippen molar-refractivity contribution in [2.24, 2.45) is 0 Å². The van der Waals surface area contributed by atoms with Gasteiger partial charge in [-0.15, -0.1) is 0 Å². The van der Waals surface area contributed by atoms with E-state index in [2.05, 4.69) is 26.2 Å². The van der Waals surface area contributed by atoms with E-state index >= 15 is 0 Å². The minimum Gasteiger partial charge on any atom is -0.399 e. The summed E-state index contributed by atoms with van der Waals surface area (Å²) in [5, 5.41) is 3.00.